The second-order valence-electron chi connectivity index (χ2n) is 6.71. The Morgan fingerprint density at radius 3 is 2.29 bits per heavy atom. The number of nitrogens with zero attached hydrogens (tertiary/aromatic N) is 3. The van der Waals surface area contributed by atoms with Crippen molar-refractivity contribution in [1.29, 1.82) is 0 Å². The predicted octanol–water partition coefficient (Wildman–Crippen LogP) is 8.51. The predicted molar refractivity (Wildman–Crippen MR) is 131 cm³/mol. The molecule has 0 bridgehead atoms. The SMILES string of the molecule is C/C=C(\N=C(c1ccc(COc2ncc(C)c(Cl)n2)cc1F)C(C)CC)C(F)(F)F.CC.CC. The van der Waals surface area contributed by atoms with E-state index in [4.69, 9.17) is 16.3 Å². The van der Waals surface area contributed by atoms with Crippen molar-refractivity contribution in [2.75, 3.05) is 0 Å². The van der Waals surface area contributed by atoms with Crippen molar-refractivity contribution in [2.45, 2.75) is 74.6 Å². The van der Waals surface area contributed by atoms with Crippen LogP contribution in [-0.4, -0.2) is 21.9 Å². The summed E-state index contributed by atoms with van der Waals surface area (Å²) < 4.78 is 59.6. The average Bonchev–Trinajstić information content (AvgIpc) is 2.82. The molecule has 1 aromatic carbocycles. The van der Waals surface area contributed by atoms with Crippen LogP contribution >= 0.6 is 11.6 Å². The van der Waals surface area contributed by atoms with Crippen LogP contribution in [0.25, 0.3) is 0 Å². The molecule has 1 heterocycles. The van der Waals surface area contributed by atoms with Crippen molar-refractivity contribution in [2.24, 2.45) is 10.9 Å². The fraction of sp³-hybridized carbons (Fsp3) is 0.480. The number of aliphatic imine (C=N–C) groups is 1. The molecule has 0 fully saturated rings. The lowest BCUT2D eigenvalue weighted by molar-refractivity contribution is -0.0924. The highest BCUT2D eigenvalue weighted by atomic mass is 35.5. The van der Waals surface area contributed by atoms with E-state index in [1.807, 2.05) is 27.7 Å². The first-order valence-electron chi connectivity index (χ1n) is 11.3. The van der Waals surface area contributed by atoms with Gasteiger partial charge in [0.1, 0.15) is 23.3 Å². The van der Waals surface area contributed by atoms with Crippen LogP contribution in [0.15, 0.2) is 41.2 Å². The summed E-state index contributed by atoms with van der Waals surface area (Å²) in [6.07, 6.45) is -1.74. The number of hydrogen-bond donors (Lipinski definition) is 0. The lowest BCUT2D eigenvalue weighted by atomic mass is 9.94. The minimum absolute atomic E-state index is 0.0198. The van der Waals surface area contributed by atoms with Gasteiger partial charge in [0, 0.05) is 17.3 Å². The Balaban J connectivity index is 0.00000258. The lowest BCUT2D eigenvalue weighted by Crippen LogP contribution is -2.18. The van der Waals surface area contributed by atoms with Gasteiger partial charge in [-0.15, -0.1) is 0 Å². The number of aromatic nitrogens is 2. The van der Waals surface area contributed by atoms with Gasteiger partial charge in [-0.1, -0.05) is 65.3 Å². The van der Waals surface area contributed by atoms with E-state index in [2.05, 4.69) is 15.0 Å². The van der Waals surface area contributed by atoms with Crippen molar-refractivity contribution in [3.05, 3.63) is 63.8 Å². The maximum absolute atomic E-state index is 14.8. The van der Waals surface area contributed by atoms with Gasteiger partial charge >= 0.3 is 12.2 Å². The summed E-state index contributed by atoms with van der Waals surface area (Å²) in [7, 11) is 0. The molecule has 0 aliphatic rings. The first-order valence-corrected chi connectivity index (χ1v) is 11.7. The fourth-order valence-corrected chi connectivity index (χ4v) is 2.65. The standard InChI is InChI=1S/C21H22ClF4N3O.2C2H6/c1-5-12(3)18(28-17(6-2)21(24,25)26)15-8-7-14(9-16(15)23)11-30-20-27-10-13(4)19(22)29-20;2*1-2/h6-10,12H,5,11H2,1-4H3;2*1-2H3/b17-6-,28-18?;;. The van der Waals surface area contributed by atoms with Crippen LogP contribution in [0.1, 0.15) is 71.6 Å². The molecule has 0 N–H and O–H groups in total. The summed E-state index contributed by atoms with van der Waals surface area (Å²) in [5, 5.41) is 0.250. The third-order valence-corrected chi connectivity index (χ3v) is 4.83. The van der Waals surface area contributed by atoms with Gasteiger partial charge in [0.2, 0.25) is 0 Å². The summed E-state index contributed by atoms with van der Waals surface area (Å²) in [6, 6.07) is 4.21. The average molecular weight is 504 g/mol. The number of rotatable bonds is 7. The molecule has 1 unspecified atom stereocenters. The van der Waals surface area contributed by atoms with Crippen LogP contribution in [0.5, 0.6) is 6.01 Å². The van der Waals surface area contributed by atoms with Crippen molar-refractivity contribution in [1.82, 2.24) is 9.97 Å². The molecule has 0 radical (unpaired) electrons. The maximum atomic E-state index is 14.8. The van der Waals surface area contributed by atoms with Gasteiger partial charge in [-0.25, -0.2) is 14.4 Å². The highest BCUT2D eigenvalue weighted by Crippen LogP contribution is 2.29. The molecule has 0 saturated carbocycles. The number of halogens is 5. The van der Waals surface area contributed by atoms with Crippen LogP contribution < -0.4 is 4.74 Å². The van der Waals surface area contributed by atoms with Crippen LogP contribution in [0, 0.1) is 18.7 Å². The van der Waals surface area contributed by atoms with Gasteiger partial charge in [-0.3, -0.25) is 0 Å². The quantitative estimate of drug-likeness (QED) is 0.216. The second kappa shape index (κ2) is 15.4. The van der Waals surface area contributed by atoms with Gasteiger partial charge in [0.05, 0.1) is 5.71 Å². The Morgan fingerprint density at radius 1 is 1.21 bits per heavy atom. The van der Waals surface area contributed by atoms with Gasteiger partial charge in [0.15, 0.2) is 0 Å². The molecule has 4 nitrogen and oxygen atoms in total. The topological polar surface area (TPSA) is 47.4 Å². The zero-order valence-electron chi connectivity index (χ0n) is 21.0. The van der Waals surface area contributed by atoms with E-state index in [-0.39, 0.29) is 35.0 Å². The zero-order valence-corrected chi connectivity index (χ0v) is 21.8. The third-order valence-electron chi connectivity index (χ3n) is 4.45. The van der Waals surface area contributed by atoms with Crippen molar-refractivity contribution < 1.29 is 22.3 Å². The molecule has 34 heavy (non-hydrogen) atoms. The minimum Gasteiger partial charge on any atom is -0.459 e. The smallest absolute Gasteiger partial charge is 0.433 e. The lowest BCUT2D eigenvalue weighted by Gasteiger charge is -2.17. The minimum atomic E-state index is -4.62. The monoisotopic (exact) mass is 503 g/mol. The normalized spacial score (nSPS) is 12.7. The van der Waals surface area contributed by atoms with E-state index in [0.29, 0.717) is 17.5 Å². The van der Waals surface area contributed by atoms with Gasteiger partial charge in [0.25, 0.3) is 0 Å². The summed E-state index contributed by atoms with van der Waals surface area (Å²) in [6.45, 7) is 14.5. The molecule has 0 saturated heterocycles. The van der Waals surface area contributed by atoms with Gasteiger partial charge < -0.3 is 4.74 Å². The molecule has 1 atom stereocenters. The fourth-order valence-electron chi connectivity index (χ4n) is 2.53. The first kappa shape index (κ1) is 31.5. The third kappa shape index (κ3) is 9.41. The Hall–Kier alpha value is -2.48. The van der Waals surface area contributed by atoms with Crippen molar-refractivity contribution in [3.8, 4) is 6.01 Å². The van der Waals surface area contributed by atoms with E-state index in [1.165, 1.54) is 25.3 Å². The number of ether oxygens (including phenoxy) is 1. The maximum Gasteiger partial charge on any atom is 0.433 e. The molecule has 0 aliphatic carbocycles. The molecular formula is C25H34ClF4N3O. The molecule has 0 spiro atoms. The second-order valence-corrected chi connectivity index (χ2v) is 7.07. The molecule has 2 rings (SSSR count). The molecule has 9 heteroatoms. The van der Waals surface area contributed by atoms with E-state index in [0.717, 1.165) is 6.08 Å². The highest BCUT2D eigenvalue weighted by molar-refractivity contribution is 6.30. The Kier molecular flexibility index (Phi) is 14.3. The van der Waals surface area contributed by atoms with Crippen molar-refractivity contribution >= 4 is 17.3 Å². The summed E-state index contributed by atoms with van der Waals surface area (Å²) in [5.41, 5.74) is 0.156. The number of alkyl halides is 3. The van der Waals surface area contributed by atoms with E-state index in [9.17, 15) is 17.6 Å². The zero-order chi connectivity index (χ0) is 26.5. The Labute approximate surface area is 205 Å². The summed E-state index contributed by atoms with van der Waals surface area (Å²) in [5.74, 6) is -1.06. The van der Waals surface area contributed by atoms with Crippen LogP contribution in [0.2, 0.25) is 5.15 Å². The number of hydrogen-bond acceptors (Lipinski definition) is 4. The summed E-state index contributed by atoms with van der Waals surface area (Å²) >= 11 is 5.92. The Morgan fingerprint density at radius 2 is 1.82 bits per heavy atom. The molecule has 2 aromatic rings. The van der Waals surface area contributed by atoms with Crippen LogP contribution in [0.3, 0.4) is 0 Å². The number of aryl methyl sites for hydroxylation is 1. The van der Waals surface area contributed by atoms with E-state index in [1.54, 1.807) is 26.8 Å². The van der Waals surface area contributed by atoms with Crippen LogP contribution in [0.4, 0.5) is 17.6 Å². The van der Waals surface area contributed by atoms with Gasteiger partial charge in [-0.05, 0) is 43.9 Å². The molecular weight excluding hydrogens is 470 g/mol. The molecule has 0 amide bonds. The highest BCUT2D eigenvalue weighted by Gasteiger charge is 2.34. The van der Waals surface area contributed by atoms with Gasteiger partial charge in [-0.2, -0.15) is 18.2 Å². The van der Waals surface area contributed by atoms with E-state index < -0.39 is 17.7 Å². The number of allylic oxidation sites excluding steroid dienone is 2. The van der Waals surface area contributed by atoms with Crippen LogP contribution in [-0.2, 0) is 6.61 Å². The number of benzene rings is 1. The summed E-state index contributed by atoms with van der Waals surface area (Å²) in [4.78, 5) is 11.7. The largest absolute Gasteiger partial charge is 0.459 e. The van der Waals surface area contributed by atoms with E-state index >= 15 is 0 Å². The van der Waals surface area contributed by atoms with Crippen molar-refractivity contribution in [3.63, 3.8) is 0 Å². The molecule has 0 aliphatic heterocycles. The molecule has 190 valence electrons. The first-order chi connectivity index (χ1) is 16.1. The molecule has 1 aromatic heterocycles. The Bertz CT molecular complexity index is 960.